The maximum Gasteiger partial charge on any atom is 0.123 e. The lowest BCUT2D eigenvalue weighted by Gasteiger charge is -2.24. The number of hydrazone groups is 1. The first-order chi connectivity index (χ1) is 12.6. The lowest BCUT2D eigenvalue weighted by molar-refractivity contribution is 0.624. The highest BCUT2D eigenvalue weighted by Gasteiger charge is 2.30. The van der Waals surface area contributed by atoms with Crippen LogP contribution in [-0.2, 0) is 0 Å². The topological polar surface area (TPSA) is 15.6 Å². The zero-order valence-corrected chi connectivity index (χ0v) is 15.3. The van der Waals surface area contributed by atoms with E-state index in [9.17, 15) is 4.39 Å². The van der Waals surface area contributed by atoms with Crippen molar-refractivity contribution < 1.29 is 4.39 Å². The number of rotatable bonds is 3. The Morgan fingerprint density at radius 2 is 1.58 bits per heavy atom. The van der Waals surface area contributed by atoms with Crippen molar-refractivity contribution >= 4 is 34.6 Å². The van der Waals surface area contributed by atoms with Gasteiger partial charge in [-0.05, 0) is 47.5 Å². The standard InChI is InChI=1S/C21H15Cl2FN2/c22-16-9-5-14(6-10-16)19-13-21(15-7-11-17(24)12-8-15)26(25-19)20-4-2-1-3-18(20)23/h1-12,21H,13H2. The average molecular weight is 385 g/mol. The minimum Gasteiger partial charge on any atom is -0.256 e. The molecule has 130 valence electrons. The highest BCUT2D eigenvalue weighted by atomic mass is 35.5. The summed E-state index contributed by atoms with van der Waals surface area (Å²) in [7, 11) is 0. The number of anilines is 1. The van der Waals surface area contributed by atoms with Crippen LogP contribution < -0.4 is 5.01 Å². The Morgan fingerprint density at radius 3 is 2.27 bits per heavy atom. The Balaban J connectivity index is 1.77. The van der Waals surface area contributed by atoms with Gasteiger partial charge in [-0.1, -0.05) is 59.6 Å². The molecule has 0 spiro atoms. The first kappa shape index (κ1) is 17.1. The molecule has 0 amide bonds. The molecule has 0 aliphatic carbocycles. The molecule has 1 aliphatic heterocycles. The maximum atomic E-state index is 13.4. The van der Waals surface area contributed by atoms with Gasteiger partial charge in [0.2, 0.25) is 0 Å². The molecule has 5 heteroatoms. The van der Waals surface area contributed by atoms with E-state index in [1.165, 1.54) is 12.1 Å². The first-order valence-corrected chi connectivity index (χ1v) is 9.00. The quantitative estimate of drug-likeness (QED) is 0.503. The normalized spacial score (nSPS) is 16.7. The van der Waals surface area contributed by atoms with Crippen molar-refractivity contribution in [3.8, 4) is 0 Å². The van der Waals surface area contributed by atoms with Crippen molar-refractivity contribution in [1.82, 2.24) is 0 Å². The fourth-order valence-corrected chi connectivity index (χ4v) is 3.48. The van der Waals surface area contributed by atoms with Crippen LogP contribution in [0.5, 0.6) is 0 Å². The van der Waals surface area contributed by atoms with Crippen molar-refractivity contribution in [2.75, 3.05) is 5.01 Å². The molecule has 1 heterocycles. The summed E-state index contributed by atoms with van der Waals surface area (Å²) in [5.41, 5.74) is 3.76. The monoisotopic (exact) mass is 384 g/mol. The number of hydrogen-bond donors (Lipinski definition) is 0. The van der Waals surface area contributed by atoms with Crippen molar-refractivity contribution in [3.63, 3.8) is 0 Å². The summed E-state index contributed by atoms with van der Waals surface area (Å²) >= 11 is 12.4. The SMILES string of the molecule is Fc1ccc(C2CC(c3ccc(Cl)cc3)=NN2c2ccccc2Cl)cc1. The van der Waals surface area contributed by atoms with E-state index in [4.69, 9.17) is 28.3 Å². The first-order valence-electron chi connectivity index (χ1n) is 8.24. The van der Waals surface area contributed by atoms with Gasteiger partial charge in [0.05, 0.1) is 22.5 Å². The fourth-order valence-electron chi connectivity index (χ4n) is 3.13. The lowest BCUT2D eigenvalue weighted by Crippen LogP contribution is -2.18. The Morgan fingerprint density at radius 1 is 0.885 bits per heavy atom. The van der Waals surface area contributed by atoms with Crippen LogP contribution in [0.15, 0.2) is 77.9 Å². The van der Waals surface area contributed by atoms with Crippen LogP contribution in [0, 0.1) is 5.82 Å². The van der Waals surface area contributed by atoms with Gasteiger partial charge in [-0.25, -0.2) is 4.39 Å². The summed E-state index contributed by atoms with van der Waals surface area (Å²) in [6.45, 7) is 0. The second-order valence-electron chi connectivity index (χ2n) is 6.12. The molecule has 0 fully saturated rings. The Bertz CT molecular complexity index is 953. The van der Waals surface area contributed by atoms with Crippen LogP contribution in [-0.4, -0.2) is 5.71 Å². The van der Waals surface area contributed by atoms with E-state index >= 15 is 0 Å². The summed E-state index contributed by atoms with van der Waals surface area (Å²) in [4.78, 5) is 0. The third kappa shape index (κ3) is 3.33. The third-order valence-electron chi connectivity index (χ3n) is 4.44. The summed E-state index contributed by atoms with van der Waals surface area (Å²) in [5, 5.41) is 8.06. The maximum absolute atomic E-state index is 13.4. The Kier molecular flexibility index (Phi) is 4.66. The van der Waals surface area contributed by atoms with Gasteiger partial charge in [0.1, 0.15) is 5.82 Å². The van der Waals surface area contributed by atoms with Gasteiger partial charge < -0.3 is 0 Å². The molecule has 0 bridgehead atoms. The molecule has 26 heavy (non-hydrogen) atoms. The molecule has 1 aliphatic rings. The van der Waals surface area contributed by atoms with Gasteiger partial charge in [0.15, 0.2) is 0 Å². The molecule has 1 unspecified atom stereocenters. The predicted octanol–water partition coefficient (Wildman–Crippen LogP) is 6.49. The van der Waals surface area contributed by atoms with Crippen LogP contribution in [0.25, 0.3) is 0 Å². The van der Waals surface area contributed by atoms with Crippen molar-refractivity contribution in [2.45, 2.75) is 12.5 Å². The molecule has 0 aromatic heterocycles. The molecule has 0 N–H and O–H groups in total. The molecule has 1 atom stereocenters. The zero-order chi connectivity index (χ0) is 18.1. The molecule has 3 aromatic carbocycles. The molecule has 4 rings (SSSR count). The second kappa shape index (κ2) is 7.10. The predicted molar refractivity (Wildman–Crippen MR) is 106 cm³/mol. The van der Waals surface area contributed by atoms with Crippen LogP contribution in [0.1, 0.15) is 23.6 Å². The van der Waals surface area contributed by atoms with Gasteiger partial charge in [-0.2, -0.15) is 5.10 Å². The molecule has 0 radical (unpaired) electrons. The average Bonchev–Trinajstić information content (AvgIpc) is 3.08. The molecule has 2 nitrogen and oxygen atoms in total. The smallest absolute Gasteiger partial charge is 0.123 e. The van der Waals surface area contributed by atoms with Gasteiger partial charge in [-0.3, -0.25) is 5.01 Å². The van der Waals surface area contributed by atoms with E-state index in [0.717, 1.165) is 22.5 Å². The number of benzene rings is 3. The minimum atomic E-state index is -0.255. The van der Waals surface area contributed by atoms with Crippen molar-refractivity contribution in [1.29, 1.82) is 0 Å². The highest BCUT2D eigenvalue weighted by Crippen LogP contribution is 2.39. The number of para-hydroxylation sites is 1. The van der Waals surface area contributed by atoms with E-state index < -0.39 is 0 Å². The number of nitrogens with zero attached hydrogens (tertiary/aromatic N) is 2. The fraction of sp³-hybridized carbons (Fsp3) is 0.0952. The summed E-state index contributed by atoms with van der Waals surface area (Å²) in [6, 6.07) is 21.7. The van der Waals surface area contributed by atoms with Crippen LogP contribution in [0.3, 0.4) is 0 Å². The largest absolute Gasteiger partial charge is 0.256 e. The van der Waals surface area contributed by atoms with E-state index in [1.54, 1.807) is 12.1 Å². The van der Waals surface area contributed by atoms with E-state index in [2.05, 4.69) is 0 Å². The van der Waals surface area contributed by atoms with Crippen molar-refractivity contribution in [2.24, 2.45) is 5.10 Å². The van der Waals surface area contributed by atoms with E-state index in [-0.39, 0.29) is 11.9 Å². The summed E-state index contributed by atoms with van der Waals surface area (Å²) in [6.07, 6.45) is 0.693. The van der Waals surface area contributed by atoms with Crippen molar-refractivity contribution in [3.05, 3.63) is 99.8 Å². The summed E-state index contributed by atoms with van der Waals surface area (Å²) < 4.78 is 13.4. The van der Waals surface area contributed by atoms with Gasteiger partial charge in [-0.15, -0.1) is 0 Å². The molecule has 3 aromatic rings. The number of halogens is 3. The minimum absolute atomic E-state index is 0.0545. The third-order valence-corrected chi connectivity index (χ3v) is 5.01. The van der Waals surface area contributed by atoms with Crippen LogP contribution in [0.4, 0.5) is 10.1 Å². The molecular formula is C21H15Cl2FN2. The second-order valence-corrected chi connectivity index (χ2v) is 6.96. The molecule has 0 saturated carbocycles. The zero-order valence-electron chi connectivity index (χ0n) is 13.7. The molecule has 0 saturated heterocycles. The Labute approximate surface area is 161 Å². The molecular weight excluding hydrogens is 370 g/mol. The Hall–Kier alpha value is -2.36. The van der Waals surface area contributed by atoms with Gasteiger partial charge >= 0.3 is 0 Å². The summed E-state index contributed by atoms with van der Waals surface area (Å²) in [5.74, 6) is -0.255. The van der Waals surface area contributed by atoms with E-state index in [1.807, 2.05) is 53.5 Å². The van der Waals surface area contributed by atoms with E-state index in [0.29, 0.717) is 16.5 Å². The van der Waals surface area contributed by atoms with Crippen LogP contribution in [0.2, 0.25) is 10.0 Å². The number of hydrogen-bond acceptors (Lipinski definition) is 2. The van der Waals surface area contributed by atoms with Gasteiger partial charge in [0, 0.05) is 11.4 Å². The highest BCUT2D eigenvalue weighted by molar-refractivity contribution is 6.33. The van der Waals surface area contributed by atoms with Gasteiger partial charge in [0.25, 0.3) is 0 Å². The van der Waals surface area contributed by atoms with Crippen LogP contribution >= 0.6 is 23.2 Å². The lowest BCUT2D eigenvalue weighted by atomic mass is 9.98.